The van der Waals surface area contributed by atoms with Crippen molar-refractivity contribution < 1.29 is 80.2 Å². The molecule has 3 N–H and O–H groups in total. The van der Waals surface area contributed by atoms with E-state index in [1.54, 1.807) is 0 Å². The second kappa shape index (κ2) is 62.8. The van der Waals surface area contributed by atoms with Crippen LogP contribution in [0.1, 0.15) is 363 Å². The van der Waals surface area contributed by atoms with Gasteiger partial charge < -0.3 is 33.8 Å². The summed E-state index contributed by atoms with van der Waals surface area (Å²) in [6, 6.07) is 0. The minimum absolute atomic E-state index is 0.106. The van der Waals surface area contributed by atoms with E-state index < -0.39 is 97.5 Å². The molecule has 0 spiro atoms. The van der Waals surface area contributed by atoms with Gasteiger partial charge in [-0.2, -0.15) is 0 Å². The Bertz CT molecular complexity index is 1780. The number of ether oxygens (including phenoxy) is 4. The molecule has 91 heavy (non-hydrogen) atoms. The van der Waals surface area contributed by atoms with Crippen molar-refractivity contribution >= 4 is 39.5 Å². The summed E-state index contributed by atoms with van der Waals surface area (Å²) < 4.78 is 68.4. The zero-order chi connectivity index (χ0) is 67.3. The van der Waals surface area contributed by atoms with E-state index in [-0.39, 0.29) is 25.7 Å². The fourth-order valence-electron chi connectivity index (χ4n) is 10.9. The van der Waals surface area contributed by atoms with Gasteiger partial charge in [0.05, 0.1) is 26.4 Å². The normalized spacial score (nSPS) is 14.2. The third-order valence-electron chi connectivity index (χ3n) is 16.6. The number of rotatable bonds is 70. The summed E-state index contributed by atoms with van der Waals surface area (Å²) in [5, 5.41) is 10.6. The predicted octanol–water partition coefficient (Wildman–Crippen LogP) is 20.6. The molecule has 0 aliphatic heterocycles. The number of esters is 4. The molecule has 0 aromatic heterocycles. The van der Waals surface area contributed by atoms with Crippen LogP contribution in [0.25, 0.3) is 0 Å². The fourth-order valence-corrected chi connectivity index (χ4v) is 12.5. The molecule has 0 heterocycles. The summed E-state index contributed by atoms with van der Waals surface area (Å²) in [6.07, 6.45) is 47.1. The van der Waals surface area contributed by atoms with Gasteiger partial charge in [0.25, 0.3) is 0 Å². The molecule has 0 fully saturated rings. The Labute approximate surface area is 556 Å². The molecular weight excluding hydrogens is 1200 g/mol. The Balaban J connectivity index is 5.26. The second-order valence-corrected chi connectivity index (χ2v) is 30.3. The molecule has 0 aromatic rings. The van der Waals surface area contributed by atoms with Gasteiger partial charge in [-0.05, 0) is 43.4 Å². The molecule has 19 heteroatoms. The van der Waals surface area contributed by atoms with Crippen LogP contribution >= 0.6 is 15.6 Å². The maximum Gasteiger partial charge on any atom is 0.472 e. The van der Waals surface area contributed by atoms with E-state index >= 15 is 0 Å². The Morgan fingerprint density at radius 2 is 0.505 bits per heavy atom. The fraction of sp³-hybridized carbons (Fsp3) is 0.944. The number of hydrogen-bond acceptors (Lipinski definition) is 15. The lowest BCUT2D eigenvalue weighted by Gasteiger charge is -2.21. The maximum absolute atomic E-state index is 13.0. The van der Waals surface area contributed by atoms with Gasteiger partial charge in [0.15, 0.2) is 12.2 Å². The lowest BCUT2D eigenvalue weighted by Crippen LogP contribution is -2.30. The molecule has 2 unspecified atom stereocenters. The van der Waals surface area contributed by atoms with Gasteiger partial charge in [0, 0.05) is 25.7 Å². The van der Waals surface area contributed by atoms with E-state index in [4.69, 9.17) is 37.0 Å². The van der Waals surface area contributed by atoms with Gasteiger partial charge in [-0.3, -0.25) is 37.3 Å². The van der Waals surface area contributed by atoms with Crippen molar-refractivity contribution in [3.05, 3.63) is 0 Å². The van der Waals surface area contributed by atoms with E-state index in [1.807, 2.05) is 0 Å². The molecule has 0 aliphatic rings. The van der Waals surface area contributed by atoms with E-state index in [2.05, 4.69) is 48.5 Å². The van der Waals surface area contributed by atoms with Crippen LogP contribution in [0, 0.1) is 17.8 Å². The second-order valence-electron chi connectivity index (χ2n) is 27.4. The topological polar surface area (TPSA) is 237 Å². The number of aliphatic hydroxyl groups is 1. The molecule has 0 aliphatic carbocycles. The van der Waals surface area contributed by atoms with Gasteiger partial charge in [-0.1, -0.05) is 312 Å². The summed E-state index contributed by atoms with van der Waals surface area (Å²) in [6.45, 7) is 11.8. The minimum Gasteiger partial charge on any atom is -0.462 e. The predicted molar refractivity (Wildman–Crippen MR) is 368 cm³/mol. The molecule has 17 nitrogen and oxygen atoms in total. The molecule has 0 bridgehead atoms. The summed E-state index contributed by atoms with van der Waals surface area (Å²) in [4.78, 5) is 72.6. The Morgan fingerprint density at radius 3 is 0.747 bits per heavy atom. The highest BCUT2D eigenvalue weighted by atomic mass is 31.2. The maximum atomic E-state index is 13.0. The van der Waals surface area contributed by atoms with Crippen molar-refractivity contribution in [3.8, 4) is 0 Å². The molecule has 0 saturated heterocycles. The molecule has 0 radical (unpaired) electrons. The van der Waals surface area contributed by atoms with Crippen molar-refractivity contribution in [2.24, 2.45) is 17.8 Å². The smallest absolute Gasteiger partial charge is 0.462 e. The Morgan fingerprint density at radius 1 is 0.297 bits per heavy atom. The summed E-state index contributed by atoms with van der Waals surface area (Å²) >= 11 is 0. The Kier molecular flexibility index (Phi) is 61.5. The van der Waals surface area contributed by atoms with Gasteiger partial charge in [0.2, 0.25) is 0 Å². The first kappa shape index (κ1) is 89.1. The first-order valence-electron chi connectivity index (χ1n) is 37.3. The van der Waals surface area contributed by atoms with Crippen molar-refractivity contribution in [3.63, 3.8) is 0 Å². The number of carbonyl (C=O) groups excluding carboxylic acids is 4. The van der Waals surface area contributed by atoms with Crippen LogP contribution in [-0.2, 0) is 65.4 Å². The lowest BCUT2D eigenvalue weighted by molar-refractivity contribution is -0.161. The highest BCUT2D eigenvalue weighted by Gasteiger charge is 2.30. The molecule has 0 rings (SSSR count). The highest BCUT2D eigenvalue weighted by molar-refractivity contribution is 7.47. The van der Waals surface area contributed by atoms with Crippen LogP contribution in [0.5, 0.6) is 0 Å². The molecule has 0 saturated carbocycles. The van der Waals surface area contributed by atoms with E-state index in [1.165, 1.54) is 167 Å². The third kappa shape index (κ3) is 66.5. The Hall–Kier alpha value is -1.94. The number of phosphoric ester groups is 2. The van der Waals surface area contributed by atoms with Crippen molar-refractivity contribution in [1.29, 1.82) is 0 Å². The summed E-state index contributed by atoms with van der Waals surface area (Å²) in [5.41, 5.74) is 0. The quantitative estimate of drug-likeness (QED) is 0.0222. The third-order valence-corrected chi connectivity index (χ3v) is 18.5. The molecule has 540 valence electrons. The zero-order valence-electron chi connectivity index (χ0n) is 59.3. The monoisotopic (exact) mass is 1340 g/mol. The van der Waals surface area contributed by atoms with Gasteiger partial charge in [0.1, 0.15) is 19.3 Å². The number of phosphoric acid groups is 2. The molecular formula is C72H140O17P2. The highest BCUT2D eigenvalue weighted by Crippen LogP contribution is 2.45. The van der Waals surface area contributed by atoms with Crippen LogP contribution in [0.3, 0.4) is 0 Å². The lowest BCUT2D eigenvalue weighted by atomic mass is 10.0. The standard InChI is InChI=1S/C72H140O17P2/c1-8-9-10-11-12-13-14-20-26-33-41-48-55-71(76)89-68(60-83-70(75)54-47-40-35-28-31-38-45-52-65(6)7)62-87-91(80,81)85-58-66(73)57-84-90(78,79)86-61-67(59-82-69(74)53-46-39-32-25-22-17-19-24-30-37-44-51-64(4)5)88-72(77)56-49-42-34-27-21-16-15-18-23-29-36-43-50-63(2)3/h63-68,73H,8-62H2,1-7H3,(H,78,79)(H,80,81)/t66-,67-,68-/m1/s1. The van der Waals surface area contributed by atoms with Crippen LogP contribution in [-0.4, -0.2) is 96.7 Å². The van der Waals surface area contributed by atoms with Gasteiger partial charge in [-0.15, -0.1) is 0 Å². The van der Waals surface area contributed by atoms with Crippen LogP contribution in [0.2, 0.25) is 0 Å². The average molecular weight is 1340 g/mol. The number of hydrogen-bond donors (Lipinski definition) is 3. The van der Waals surface area contributed by atoms with Crippen LogP contribution in [0.4, 0.5) is 0 Å². The van der Waals surface area contributed by atoms with Crippen LogP contribution < -0.4 is 0 Å². The number of aliphatic hydroxyl groups excluding tert-OH is 1. The first-order valence-corrected chi connectivity index (χ1v) is 40.3. The van der Waals surface area contributed by atoms with Gasteiger partial charge >= 0.3 is 39.5 Å². The first-order chi connectivity index (χ1) is 43.7. The minimum atomic E-state index is -4.95. The van der Waals surface area contributed by atoms with Crippen LogP contribution in [0.15, 0.2) is 0 Å². The van der Waals surface area contributed by atoms with E-state index in [0.29, 0.717) is 31.6 Å². The SMILES string of the molecule is CCCCCCCCCCCCCCC(=O)O[C@H](COC(=O)CCCCCCCCCC(C)C)COP(=O)(O)OC[C@H](O)COP(=O)(O)OC[C@@H](COC(=O)CCCCCCCCCCCCCC(C)C)OC(=O)CCCCCCCCCCCCCCC(C)C. The molecule has 5 atom stereocenters. The number of carbonyl (C=O) groups is 4. The largest absolute Gasteiger partial charge is 0.472 e. The number of unbranched alkanes of at least 4 members (excludes halogenated alkanes) is 38. The zero-order valence-corrected chi connectivity index (χ0v) is 61.1. The van der Waals surface area contributed by atoms with Crippen molar-refractivity contribution in [1.82, 2.24) is 0 Å². The average Bonchev–Trinajstić information content (AvgIpc) is 3.04. The van der Waals surface area contributed by atoms with E-state index in [0.717, 1.165) is 108 Å². The van der Waals surface area contributed by atoms with E-state index in [9.17, 15) is 43.2 Å². The van der Waals surface area contributed by atoms with Gasteiger partial charge in [-0.25, -0.2) is 9.13 Å². The molecule has 0 aromatic carbocycles. The van der Waals surface area contributed by atoms with Crippen molar-refractivity contribution in [2.45, 2.75) is 381 Å². The molecule has 0 amide bonds. The summed E-state index contributed by atoms with van der Waals surface area (Å²) in [5.74, 6) is 0.130. The van der Waals surface area contributed by atoms with Crippen molar-refractivity contribution in [2.75, 3.05) is 39.6 Å². The summed E-state index contributed by atoms with van der Waals surface area (Å²) in [7, 11) is -9.90.